The maximum absolute atomic E-state index is 13.3. The number of nitrogens with one attached hydrogen (secondary N) is 2. The molecule has 0 spiro atoms. The Labute approximate surface area is 144 Å². The first-order valence-corrected chi connectivity index (χ1v) is 7.48. The fourth-order valence-electron chi connectivity index (χ4n) is 1.62. The molecular weight excluding hydrogens is 387 g/mol. The van der Waals surface area contributed by atoms with Crippen LogP contribution in [-0.4, -0.2) is 30.9 Å². The van der Waals surface area contributed by atoms with Gasteiger partial charge in [-0.25, -0.2) is 4.39 Å². The lowest BCUT2D eigenvalue weighted by Crippen LogP contribution is -2.32. The summed E-state index contributed by atoms with van der Waals surface area (Å²) in [6.45, 7) is -1.04. The van der Waals surface area contributed by atoms with E-state index in [4.69, 9.17) is 4.42 Å². The third kappa shape index (κ3) is 5.20. The highest BCUT2D eigenvalue weighted by molar-refractivity contribution is 9.10. The Balaban J connectivity index is 1.72. The van der Waals surface area contributed by atoms with Gasteiger partial charge in [-0.3, -0.25) is 14.4 Å². The number of halogens is 2. The maximum Gasteiger partial charge on any atom is 0.325 e. The minimum absolute atomic E-state index is 0.0183. The molecule has 1 heterocycles. The number of furan rings is 1. The largest absolute Gasteiger partial charge is 0.454 e. The molecule has 126 valence electrons. The molecule has 0 aliphatic rings. The Morgan fingerprint density at radius 3 is 2.58 bits per heavy atom. The number of hydrogen-bond donors (Lipinski definition) is 2. The van der Waals surface area contributed by atoms with Gasteiger partial charge < -0.3 is 19.8 Å². The summed E-state index contributed by atoms with van der Waals surface area (Å²) in [5, 5.41) is 4.54. The van der Waals surface area contributed by atoms with Crippen LogP contribution in [0.4, 0.5) is 10.1 Å². The molecule has 0 atom stereocenters. The Bertz CT molecular complexity index is 762. The SMILES string of the molecule is O=C(COC(=O)CNC(=O)c1ccc(Br)o1)Nc1ccccc1F. The van der Waals surface area contributed by atoms with E-state index >= 15 is 0 Å². The lowest BCUT2D eigenvalue weighted by atomic mass is 10.3. The molecule has 0 unspecified atom stereocenters. The van der Waals surface area contributed by atoms with Gasteiger partial charge in [-0.2, -0.15) is 0 Å². The summed E-state index contributed by atoms with van der Waals surface area (Å²) in [6.07, 6.45) is 0. The van der Waals surface area contributed by atoms with Crippen LogP contribution in [-0.2, 0) is 14.3 Å². The number of amides is 2. The van der Waals surface area contributed by atoms with Crippen molar-refractivity contribution in [2.45, 2.75) is 0 Å². The van der Waals surface area contributed by atoms with Crippen LogP contribution in [0.2, 0.25) is 0 Å². The fraction of sp³-hybridized carbons (Fsp3) is 0.133. The van der Waals surface area contributed by atoms with Gasteiger partial charge in [0.15, 0.2) is 17.0 Å². The van der Waals surface area contributed by atoms with Crippen molar-refractivity contribution in [2.75, 3.05) is 18.5 Å². The molecule has 0 aliphatic heterocycles. The van der Waals surface area contributed by atoms with Crippen molar-refractivity contribution in [3.8, 4) is 0 Å². The van der Waals surface area contributed by atoms with Crippen LogP contribution in [0.1, 0.15) is 10.6 Å². The number of ether oxygens (including phenoxy) is 1. The summed E-state index contributed by atoms with van der Waals surface area (Å²) < 4.78 is 23.4. The van der Waals surface area contributed by atoms with E-state index in [0.29, 0.717) is 4.67 Å². The van der Waals surface area contributed by atoms with Crippen molar-refractivity contribution in [1.29, 1.82) is 0 Å². The predicted octanol–water partition coefficient (Wildman–Crippen LogP) is 2.09. The van der Waals surface area contributed by atoms with E-state index in [1.54, 1.807) is 6.07 Å². The number of carbonyl (C=O) groups excluding carboxylic acids is 3. The summed E-state index contributed by atoms with van der Waals surface area (Å²) in [4.78, 5) is 34.7. The first-order valence-electron chi connectivity index (χ1n) is 6.69. The summed E-state index contributed by atoms with van der Waals surface area (Å²) in [5.41, 5.74) is -0.0183. The summed E-state index contributed by atoms with van der Waals surface area (Å²) in [7, 11) is 0. The molecule has 24 heavy (non-hydrogen) atoms. The smallest absolute Gasteiger partial charge is 0.325 e. The molecule has 1 aromatic carbocycles. The van der Waals surface area contributed by atoms with Crippen LogP contribution in [0.3, 0.4) is 0 Å². The summed E-state index contributed by atoms with van der Waals surface area (Å²) in [5.74, 6) is -2.71. The summed E-state index contributed by atoms with van der Waals surface area (Å²) in [6, 6.07) is 8.53. The minimum Gasteiger partial charge on any atom is -0.454 e. The molecular formula is C15H12BrFN2O5. The quantitative estimate of drug-likeness (QED) is 0.726. The zero-order chi connectivity index (χ0) is 17.5. The second-order valence-electron chi connectivity index (χ2n) is 4.48. The van der Waals surface area contributed by atoms with Crippen LogP contribution in [0.5, 0.6) is 0 Å². The number of esters is 1. The highest BCUT2D eigenvalue weighted by Gasteiger charge is 2.14. The van der Waals surface area contributed by atoms with Crippen LogP contribution in [0.15, 0.2) is 45.5 Å². The van der Waals surface area contributed by atoms with Gasteiger partial charge in [-0.1, -0.05) is 12.1 Å². The molecule has 2 amide bonds. The fourth-order valence-corrected chi connectivity index (χ4v) is 1.93. The number of benzene rings is 1. The van der Waals surface area contributed by atoms with Gasteiger partial charge in [0, 0.05) is 0 Å². The Hall–Kier alpha value is -2.68. The second kappa shape index (κ2) is 8.25. The van der Waals surface area contributed by atoms with Crippen molar-refractivity contribution in [1.82, 2.24) is 5.32 Å². The standard InChI is InChI=1S/C15H12BrFN2O5/c16-12-6-5-11(24-12)15(22)18-7-14(21)23-8-13(20)19-10-4-2-1-3-9(10)17/h1-6H,7-8H2,(H,18,22)(H,19,20). The number of rotatable bonds is 6. The van der Waals surface area contributed by atoms with E-state index in [2.05, 4.69) is 31.3 Å². The first-order chi connectivity index (χ1) is 11.5. The molecule has 2 N–H and O–H groups in total. The molecule has 2 rings (SSSR count). The molecule has 7 nitrogen and oxygen atoms in total. The minimum atomic E-state index is -0.822. The number of para-hydroxylation sites is 1. The van der Waals surface area contributed by atoms with Gasteiger partial charge in [-0.05, 0) is 40.2 Å². The van der Waals surface area contributed by atoms with Gasteiger partial charge in [0.05, 0.1) is 5.69 Å². The predicted molar refractivity (Wildman–Crippen MR) is 84.7 cm³/mol. The molecule has 0 radical (unpaired) electrons. The normalized spacial score (nSPS) is 10.1. The number of hydrogen-bond acceptors (Lipinski definition) is 5. The van der Waals surface area contributed by atoms with E-state index in [-0.39, 0.29) is 11.4 Å². The Morgan fingerprint density at radius 2 is 1.92 bits per heavy atom. The molecule has 0 bridgehead atoms. The summed E-state index contributed by atoms with van der Waals surface area (Å²) >= 11 is 3.04. The third-order valence-electron chi connectivity index (χ3n) is 2.70. The van der Waals surface area contributed by atoms with Crippen LogP contribution in [0, 0.1) is 5.82 Å². The van der Waals surface area contributed by atoms with Gasteiger partial charge in [0.1, 0.15) is 12.4 Å². The van der Waals surface area contributed by atoms with E-state index in [1.165, 1.54) is 30.3 Å². The maximum atomic E-state index is 13.3. The van der Waals surface area contributed by atoms with E-state index in [1.807, 2.05) is 0 Å². The van der Waals surface area contributed by atoms with Crippen molar-refractivity contribution < 1.29 is 27.9 Å². The van der Waals surface area contributed by atoms with Gasteiger partial charge >= 0.3 is 5.97 Å². The molecule has 2 aromatic rings. The van der Waals surface area contributed by atoms with Crippen LogP contribution in [0.25, 0.3) is 0 Å². The molecule has 9 heteroatoms. The Kier molecular flexibility index (Phi) is 6.07. The lowest BCUT2D eigenvalue weighted by Gasteiger charge is -2.07. The van der Waals surface area contributed by atoms with Crippen molar-refractivity contribution in [3.05, 3.63) is 52.6 Å². The lowest BCUT2D eigenvalue weighted by molar-refractivity contribution is -0.146. The zero-order valence-corrected chi connectivity index (χ0v) is 13.8. The molecule has 0 fully saturated rings. The average Bonchev–Trinajstić information content (AvgIpc) is 2.99. The highest BCUT2D eigenvalue weighted by atomic mass is 79.9. The highest BCUT2D eigenvalue weighted by Crippen LogP contribution is 2.13. The van der Waals surface area contributed by atoms with Gasteiger partial charge in [0.25, 0.3) is 11.8 Å². The van der Waals surface area contributed by atoms with Gasteiger partial charge in [-0.15, -0.1) is 0 Å². The number of carbonyl (C=O) groups is 3. The third-order valence-corrected chi connectivity index (χ3v) is 3.13. The van der Waals surface area contributed by atoms with Crippen LogP contribution < -0.4 is 10.6 Å². The van der Waals surface area contributed by atoms with Gasteiger partial charge in [0.2, 0.25) is 0 Å². The molecule has 0 saturated heterocycles. The Morgan fingerprint density at radius 1 is 1.17 bits per heavy atom. The first kappa shape index (κ1) is 17.7. The molecule has 0 saturated carbocycles. The van der Waals surface area contributed by atoms with Crippen molar-refractivity contribution in [3.63, 3.8) is 0 Å². The molecule has 0 aliphatic carbocycles. The van der Waals surface area contributed by atoms with E-state index < -0.39 is 36.8 Å². The second-order valence-corrected chi connectivity index (χ2v) is 5.26. The molecule has 1 aromatic heterocycles. The van der Waals surface area contributed by atoms with Crippen LogP contribution >= 0.6 is 15.9 Å². The average molecular weight is 399 g/mol. The number of anilines is 1. The van der Waals surface area contributed by atoms with E-state index in [0.717, 1.165) is 0 Å². The monoisotopic (exact) mass is 398 g/mol. The van der Waals surface area contributed by atoms with Crippen molar-refractivity contribution >= 4 is 39.4 Å². The van der Waals surface area contributed by atoms with Crippen molar-refractivity contribution in [2.24, 2.45) is 0 Å². The zero-order valence-electron chi connectivity index (χ0n) is 12.2. The van der Waals surface area contributed by atoms with E-state index in [9.17, 15) is 18.8 Å². The topological polar surface area (TPSA) is 97.6 Å².